The van der Waals surface area contributed by atoms with Crippen LogP contribution in [-0.2, 0) is 0 Å². The molecule has 1 aromatic heterocycles. The molecule has 0 aliphatic heterocycles. The lowest BCUT2D eigenvalue weighted by Gasteiger charge is -2.18. The summed E-state index contributed by atoms with van der Waals surface area (Å²) in [6.45, 7) is 0. The Morgan fingerprint density at radius 2 is 0.804 bits per heavy atom. The van der Waals surface area contributed by atoms with E-state index >= 15 is 0 Å². The molecule has 0 amide bonds. The number of benzene rings is 8. The molecule has 0 fully saturated rings. The number of fused-ring (bicyclic) bond motifs is 5. The van der Waals surface area contributed by atoms with E-state index in [0.29, 0.717) is 16.7 Å². The van der Waals surface area contributed by atoms with Gasteiger partial charge in [0.1, 0.15) is 6.07 Å². The first-order chi connectivity index (χ1) is 25.2. The molecule has 0 unspecified atom stereocenters. The zero-order valence-electron chi connectivity index (χ0n) is 27.3. The molecule has 4 heteroatoms. The first-order valence-electron chi connectivity index (χ1n) is 16.7. The van der Waals surface area contributed by atoms with Gasteiger partial charge in [0.25, 0.3) is 0 Å². The maximum absolute atomic E-state index is 10.3. The van der Waals surface area contributed by atoms with E-state index in [0.717, 1.165) is 44.2 Å². The molecule has 0 atom stereocenters. The Kier molecular flexibility index (Phi) is 6.93. The molecule has 0 spiro atoms. The van der Waals surface area contributed by atoms with E-state index in [1.54, 1.807) is 12.1 Å². The second-order valence-electron chi connectivity index (χ2n) is 12.7. The van der Waals surface area contributed by atoms with Gasteiger partial charge >= 0.3 is 0 Å². The molecule has 9 rings (SSSR count). The van der Waals surface area contributed by atoms with E-state index < -0.39 is 0 Å². The Hall–Kier alpha value is -7.45. The second kappa shape index (κ2) is 11.9. The van der Waals surface area contributed by atoms with Crippen LogP contribution in [0.1, 0.15) is 16.7 Å². The van der Waals surface area contributed by atoms with E-state index in [1.807, 2.05) is 36.4 Å². The van der Waals surface area contributed by atoms with Crippen LogP contribution in [0.3, 0.4) is 0 Å². The van der Waals surface area contributed by atoms with Gasteiger partial charge < -0.3 is 4.57 Å². The van der Waals surface area contributed by atoms with Crippen molar-refractivity contribution < 1.29 is 0 Å². The van der Waals surface area contributed by atoms with Crippen LogP contribution in [-0.4, -0.2) is 4.57 Å². The van der Waals surface area contributed by atoms with Crippen molar-refractivity contribution in [2.75, 3.05) is 0 Å². The fourth-order valence-corrected chi connectivity index (χ4v) is 7.60. The van der Waals surface area contributed by atoms with Crippen molar-refractivity contribution in [3.63, 3.8) is 0 Å². The SMILES string of the molecule is N#Cc1ccc2c(c1)c1cc(C#N)ccc1n2-c1cc(-c2ccc(-c3c4ccccc4c(-c4ccccc4)c4ccccc34)cc2)ccc1C#N. The van der Waals surface area contributed by atoms with E-state index in [4.69, 9.17) is 0 Å². The molecule has 1 heterocycles. The van der Waals surface area contributed by atoms with Gasteiger partial charge in [0, 0.05) is 10.8 Å². The molecule has 234 valence electrons. The minimum absolute atomic E-state index is 0.527. The summed E-state index contributed by atoms with van der Waals surface area (Å²) < 4.78 is 2.07. The predicted molar refractivity (Wildman–Crippen MR) is 206 cm³/mol. The highest BCUT2D eigenvalue weighted by atomic mass is 15.0. The molecule has 0 bridgehead atoms. The third-order valence-corrected chi connectivity index (χ3v) is 9.88. The van der Waals surface area contributed by atoms with Gasteiger partial charge in [-0.05, 0) is 103 Å². The smallest absolute Gasteiger partial charge is 0.101 e. The van der Waals surface area contributed by atoms with Crippen LogP contribution in [0, 0.1) is 34.0 Å². The lowest BCUT2D eigenvalue weighted by molar-refractivity contribution is 1.17. The summed E-state index contributed by atoms with van der Waals surface area (Å²) in [5.74, 6) is 0. The van der Waals surface area contributed by atoms with E-state index in [1.165, 1.54) is 38.2 Å². The minimum atomic E-state index is 0.527. The van der Waals surface area contributed by atoms with Gasteiger partial charge in [0.05, 0.1) is 45.5 Å². The van der Waals surface area contributed by atoms with Crippen LogP contribution in [0.5, 0.6) is 0 Å². The highest BCUT2D eigenvalue weighted by Crippen LogP contribution is 2.44. The Balaban J connectivity index is 1.21. The van der Waals surface area contributed by atoms with Crippen molar-refractivity contribution >= 4 is 43.4 Å². The second-order valence-corrected chi connectivity index (χ2v) is 12.7. The fourth-order valence-electron chi connectivity index (χ4n) is 7.60. The number of nitrogens with zero attached hydrogens (tertiary/aromatic N) is 4. The monoisotopic (exact) mass is 646 g/mol. The summed E-state index contributed by atoms with van der Waals surface area (Å²) >= 11 is 0. The van der Waals surface area contributed by atoms with Gasteiger partial charge in [-0.25, -0.2) is 0 Å². The molecular weight excluding hydrogens is 621 g/mol. The molecule has 0 radical (unpaired) electrons. The van der Waals surface area contributed by atoms with Crippen molar-refractivity contribution in [1.82, 2.24) is 4.57 Å². The number of hydrogen-bond donors (Lipinski definition) is 0. The largest absolute Gasteiger partial charge is 0.308 e. The standard InChI is InChI=1S/C47H26N4/c48-27-30-14-22-43-41(24-30)42-25-31(28-49)15-23-44(42)51(43)45-26-35(20-21-36(45)29-50)32-16-18-34(19-17-32)47-39-12-6-4-10-37(39)46(33-8-2-1-3-9-33)38-11-5-7-13-40(38)47/h1-26H. The third-order valence-electron chi connectivity index (χ3n) is 9.88. The zero-order chi connectivity index (χ0) is 34.5. The summed E-state index contributed by atoms with van der Waals surface area (Å²) in [6, 6.07) is 60.5. The van der Waals surface area contributed by atoms with Gasteiger partial charge in [-0.3, -0.25) is 0 Å². The molecular formula is C47H26N4. The molecule has 0 N–H and O–H groups in total. The molecule has 51 heavy (non-hydrogen) atoms. The molecule has 0 saturated carbocycles. The number of nitriles is 3. The Morgan fingerprint density at radius 1 is 0.353 bits per heavy atom. The molecule has 0 aliphatic carbocycles. The lowest BCUT2D eigenvalue weighted by Crippen LogP contribution is -1.98. The quantitative estimate of drug-likeness (QED) is 0.179. The summed E-state index contributed by atoms with van der Waals surface area (Å²) in [7, 11) is 0. The Bertz CT molecular complexity index is 2860. The topological polar surface area (TPSA) is 76.3 Å². The summed E-state index contributed by atoms with van der Waals surface area (Å²) in [5.41, 5.74) is 10.8. The van der Waals surface area contributed by atoms with Gasteiger partial charge in [-0.2, -0.15) is 15.8 Å². The van der Waals surface area contributed by atoms with Gasteiger partial charge in [-0.1, -0.05) is 109 Å². The van der Waals surface area contributed by atoms with Crippen LogP contribution in [0.4, 0.5) is 0 Å². The van der Waals surface area contributed by atoms with E-state index in [2.05, 4.69) is 132 Å². The molecule has 4 nitrogen and oxygen atoms in total. The van der Waals surface area contributed by atoms with Crippen molar-refractivity contribution in [3.05, 3.63) is 174 Å². The third kappa shape index (κ3) is 4.74. The van der Waals surface area contributed by atoms with Crippen LogP contribution in [0.2, 0.25) is 0 Å². The summed E-state index contributed by atoms with van der Waals surface area (Å²) in [5, 5.41) is 36.1. The van der Waals surface area contributed by atoms with Crippen LogP contribution < -0.4 is 0 Å². The van der Waals surface area contributed by atoms with Crippen molar-refractivity contribution in [1.29, 1.82) is 15.8 Å². The normalized spacial score (nSPS) is 11.1. The molecule has 9 aromatic rings. The molecule has 0 saturated heterocycles. The summed E-state index contributed by atoms with van der Waals surface area (Å²) in [4.78, 5) is 0. The van der Waals surface area contributed by atoms with Crippen LogP contribution in [0.25, 0.3) is 82.4 Å². The maximum atomic E-state index is 10.3. The van der Waals surface area contributed by atoms with Crippen LogP contribution >= 0.6 is 0 Å². The van der Waals surface area contributed by atoms with E-state index in [-0.39, 0.29) is 0 Å². The zero-order valence-corrected chi connectivity index (χ0v) is 27.3. The Labute approximate surface area is 294 Å². The number of rotatable bonds is 4. The van der Waals surface area contributed by atoms with Crippen molar-refractivity contribution in [3.8, 4) is 57.3 Å². The molecule has 8 aromatic carbocycles. The van der Waals surface area contributed by atoms with E-state index in [9.17, 15) is 15.8 Å². The summed E-state index contributed by atoms with van der Waals surface area (Å²) in [6.07, 6.45) is 0. The minimum Gasteiger partial charge on any atom is -0.308 e. The maximum Gasteiger partial charge on any atom is 0.101 e. The first-order valence-corrected chi connectivity index (χ1v) is 16.7. The predicted octanol–water partition coefficient (Wildman–Crippen LogP) is 11.7. The van der Waals surface area contributed by atoms with Crippen LogP contribution in [0.15, 0.2) is 158 Å². The lowest BCUT2D eigenvalue weighted by atomic mass is 9.86. The average molecular weight is 647 g/mol. The highest BCUT2D eigenvalue weighted by molar-refractivity contribution is 6.21. The number of aromatic nitrogens is 1. The van der Waals surface area contributed by atoms with Gasteiger partial charge in [0.2, 0.25) is 0 Å². The first kappa shape index (κ1) is 29.7. The van der Waals surface area contributed by atoms with Gasteiger partial charge in [-0.15, -0.1) is 0 Å². The average Bonchev–Trinajstić information content (AvgIpc) is 3.52. The van der Waals surface area contributed by atoms with Gasteiger partial charge in [0.15, 0.2) is 0 Å². The number of hydrogen-bond acceptors (Lipinski definition) is 3. The highest BCUT2D eigenvalue weighted by Gasteiger charge is 2.19. The Morgan fingerprint density at radius 3 is 1.29 bits per heavy atom. The fraction of sp³-hybridized carbons (Fsp3) is 0. The van der Waals surface area contributed by atoms with Crippen molar-refractivity contribution in [2.24, 2.45) is 0 Å². The molecule has 0 aliphatic rings. The van der Waals surface area contributed by atoms with Crippen molar-refractivity contribution in [2.45, 2.75) is 0 Å².